The van der Waals surface area contributed by atoms with Crippen molar-refractivity contribution in [2.24, 2.45) is 0 Å². The van der Waals surface area contributed by atoms with Crippen molar-refractivity contribution in [3.8, 4) is 0 Å². The van der Waals surface area contributed by atoms with E-state index in [9.17, 15) is 0 Å². The van der Waals surface area contributed by atoms with Crippen molar-refractivity contribution in [3.05, 3.63) is 33.8 Å². The third-order valence-electron chi connectivity index (χ3n) is 3.28. The van der Waals surface area contributed by atoms with Gasteiger partial charge in [0.25, 0.3) is 0 Å². The smallest absolute Gasteiger partial charge is 0.0497 e. The molecule has 0 fully saturated rings. The summed E-state index contributed by atoms with van der Waals surface area (Å²) >= 11 is 6.27. The van der Waals surface area contributed by atoms with Crippen LogP contribution in [0.4, 0.5) is 0 Å². The average Bonchev–Trinajstić information content (AvgIpc) is 2.28. The first kappa shape index (κ1) is 11.0. The molecule has 1 aliphatic carbocycles. The van der Waals surface area contributed by atoms with Crippen LogP contribution in [0.25, 0.3) is 0 Å². The second-order valence-electron chi connectivity index (χ2n) is 4.43. The quantitative estimate of drug-likeness (QED) is 0.817. The summed E-state index contributed by atoms with van der Waals surface area (Å²) < 4.78 is 0. The highest BCUT2D eigenvalue weighted by Gasteiger charge is 2.15. The minimum atomic E-state index is 0.190. The van der Waals surface area contributed by atoms with Crippen LogP contribution < -0.4 is 0 Å². The van der Waals surface area contributed by atoms with Gasteiger partial charge in [-0.15, -0.1) is 0 Å². The Balaban J connectivity index is 2.40. The van der Waals surface area contributed by atoms with E-state index < -0.39 is 0 Å². The maximum absolute atomic E-state index is 9.14. The Morgan fingerprint density at radius 3 is 2.80 bits per heavy atom. The first-order valence-electron chi connectivity index (χ1n) is 5.64. The molecule has 1 atom stereocenters. The molecule has 2 rings (SSSR count). The summed E-state index contributed by atoms with van der Waals surface area (Å²) in [5.74, 6) is 0.190. The van der Waals surface area contributed by atoms with Gasteiger partial charge in [0.15, 0.2) is 0 Å². The fraction of sp³-hybridized carbons (Fsp3) is 0.538. The fourth-order valence-corrected chi connectivity index (χ4v) is 2.57. The molecule has 0 spiro atoms. The topological polar surface area (TPSA) is 20.2 Å². The normalized spacial score (nSPS) is 17.3. The van der Waals surface area contributed by atoms with E-state index in [2.05, 4.69) is 6.07 Å². The van der Waals surface area contributed by atoms with Crippen molar-refractivity contribution in [2.45, 2.75) is 38.5 Å². The third kappa shape index (κ3) is 2.19. The molecule has 0 amide bonds. The molecule has 1 aromatic rings. The molecule has 0 aliphatic heterocycles. The molecule has 2 heteroatoms. The lowest BCUT2D eigenvalue weighted by Gasteiger charge is -2.20. The van der Waals surface area contributed by atoms with Crippen LogP contribution in [0.5, 0.6) is 0 Å². The van der Waals surface area contributed by atoms with Gasteiger partial charge >= 0.3 is 0 Å². The summed E-state index contributed by atoms with van der Waals surface area (Å²) in [7, 11) is 0. The first-order chi connectivity index (χ1) is 7.22. The summed E-state index contributed by atoms with van der Waals surface area (Å²) in [4.78, 5) is 0. The molecule has 0 radical (unpaired) electrons. The molecule has 15 heavy (non-hydrogen) atoms. The van der Waals surface area contributed by atoms with Crippen LogP contribution >= 0.6 is 11.6 Å². The lowest BCUT2D eigenvalue weighted by Crippen LogP contribution is -2.07. The van der Waals surface area contributed by atoms with Gasteiger partial charge in [-0.3, -0.25) is 0 Å². The number of hydrogen-bond acceptors (Lipinski definition) is 1. The Bertz CT molecular complexity index is 360. The van der Waals surface area contributed by atoms with E-state index in [1.54, 1.807) is 0 Å². The zero-order valence-electron chi connectivity index (χ0n) is 9.09. The van der Waals surface area contributed by atoms with E-state index >= 15 is 0 Å². The van der Waals surface area contributed by atoms with Gasteiger partial charge in [0.2, 0.25) is 0 Å². The Hall–Kier alpha value is -0.530. The number of aliphatic hydroxyl groups excluding tert-OH is 1. The van der Waals surface area contributed by atoms with Crippen LogP contribution in [0.3, 0.4) is 0 Å². The minimum Gasteiger partial charge on any atom is -0.396 e. The maximum Gasteiger partial charge on any atom is 0.0497 e. The fourth-order valence-electron chi connectivity index (χ4n) is 2.23. The van der Waals surface area contributed by atoms with Gasteiger partial charge in [0, 0.05) is 17.5 Å². The van der Waals surface area contributed by atoms with E-state index in [4.69, 9.17) is 16.7 Å². The summed E-state index contributed by atoms with van der Waals surface area (Å²) in [6, 6.07) is 4.24. The Labute approximate surface area is 96.1 Å². The lowest BCUT2D eigenvalue weighted by atomic mass is 9.88. The van der Waals surface area contributed by atoms with Crippen LogP contribution in [0.2, 0.25) is 5.02 Å². The van der Waals surface area contributed by atoms with Gasteiger partial charge < -0.3 is 5.11 Å². The summed E-state index contributed by atoms with van der Waals surface area (Å²) in [6.45, 7) is 2.22. The van der Waals surface area contributed by atoms with Gasteiger partial charge in [-0.05, 0) is 48.4 Å². The van der Waals surface area contributed by atoms with Gasteiger partial charge in [0.1, 0.15) is 0 Å². The first-order valence-corrected chi connectivity index (χ1v) is 6.02. The molecule has 1 N–H and O–H groups in total. The van der Waals surface area contributed by atoms with Crippen LogP contribution in [-0.2, 0) is 12.8 Å². The molecule has 1 aromatic carbocycles. The van der Waals surface area contributed by atoms with E-state index in [0.717, 1.165) is 17.9 Å². The maximum atomic E-state index is 9.14. The van der Waals surface area contributed by atoms with Crippen molar-refractivity contribution in [2.75, 3.05) is 6.61 Å². The molecule has 0 saturated carbocycles. The van der Waals surface area contributed by atoms with E-state index in [0.29, 0.717) is 0 Å². The van der Waals surface area contributed by atoms with Crippen LogP contribution in [0, 0.1) is 0 Å². The number of aryl methyl sites for hydroxylation is 1. The zero-order valence-corrected chi connectivity index (χ0v) is 9.85. The molecular formula is C13H17ClO. The summed E-state index contributed by atoms with van der Waals surface area (Å²) in [5, 5.41) is 10.0. The molecular weight excluding hydrogens is 208 g/mol. The van der Waals surface area contributed by atoms with E-state index in [-0.39, 0.29) is 12.5 Å². The van der Waals surface area contributed by atoms with Gasteiger partial charge in [-0.2, -0.15) is 0 Å². The monoisotopic (exact) mass is 224 g/mol. The van der Waals surface area contributed by atoms with Crippen molar-refractivity contribution in [1.82, 2.24) is 0 Å². The van der Waals surface area contributed by atoms with Crippen LogP contribution in [0.1, 0.15) is 42.4 Å². The van der Waals surface area contributed by atoms with Crippen LogP contribution in [0.15, 0.2) is 12.1 Å². The Morgan fingerprint density at radius 2 is 2.07 bits per heavy atom. The van der Waals surface area contributed by atoms with Gasteiger partial charge in [-0.25, -0.2) is 0 Å². The Morgan fingerprint density at radius 1 is 1.33 bits per heavy atom. The summed E-state index contributed by atoms with van der Waals surface area (Å²) in [6.07, 6.45) is 4.77. The molecule has 1 aliphatic rings. The number of benzene rings is 1. The average molecular weight is 225 g/mol. The van der Waals surface area contributed by atoms with E-state index in [1.807, 2.05) is 13.0 Å². The number of halogens is 1. The molecule has 1 unspecified atom stereocenters. The molecule has 82 valence electrons. The predicted molar refractivity (Wildman–Crippen MR) is 63.6 cm³/mol. The highest BCUT2D eigenvalue weighted by molar-refractivity contribution is 6.31. The second-order valence-corrected chi connectivity index (χ2v) is 4.84. The van der Waals surface area contributed by atoms with Crippen LogP contribution in [-0.4, -0.2) is 11.7 Å². The second kappa shape index (κ2) is 4.54. The third-order valence-corrected chi connectivity index (χ3v) is 3.61. The highest BCUT2D eigenvalue weighted by Crippen LogP contribution is 2.31. The Kier molecular flexibility index (Phi) is 3.32. The molecule has 0 aromatic heterocycles. The molecule has 0 heterocycles. The summed E-state index contributed by atoms with van der Waals surface area (Å²) in [5.41, 5.74) is 3.89. The van der Waals surface area contributed by atoms with Crippen molar-refractivity contribution >= 4 is 11.6 Å². The molecule has 1 nitrogen and oxygen atoms in total. The number of fused-ring (bicyclic) bond motifs is 1. The largest absolute Gasteiger partial charge is 0.396 e. The number of aliphatic hydroxyl groups is 1. The van der Waals surface area contributed by atoms with Gasteiger partial charge in [0.05, 0.1) is 0 Å². The number of hydrogen-bond donors (Lipinski definition) is 1. The molecule has 0 bridgehead atoms. The predicted octanol–water partition coefficient (Wildman–Crippen LogP) is 3.31. The number of rotatable bonds is 2. The van der Waals surface area contributed by atoms with Gasteiger partial charge in [-0.1, -0.05) is 24.6 Å². The SMILES string of the molecule is CC(CO)c1cc(Cl)c2c(c1)CCCC2. The van der Waals surface area contributed by atoms with Crippen molar-refractivity contribution in [3.63, 3.8) is 0 Å². The minimum absolute atomic E-state index is 0.190. The van der Waals surface area contributed by atoms with Crippen molar-refractivity contribution < 1.29 is 5.11 Å². The lowest BCUT2D eigenvalue weighted by molar-refractivity contribution is 0.273. The van der Waals surface area contributed by atoms with E-state index in [1.165, 1.54) is 29.5 Å². The zero-order chi connectivity index (χ0) is 10.8. The highest BCUT2D eigenvalue weighted by atomic mass is 35.5. The van der Waals surface area contributed by atoms with Crippen molar-refractivity contribution in [1.29, 1.82) is 0 Å². The molecule has 0 saturated heterocycles. The standard InChI is InChI=1S/C13H17ClO/c1-9(8-15)11-6-10-4-2-3-5-12(10)13(14)7-11/h6-7,9,15H,2-5,8H2,1H3.